The molecule has 1 aromatic rings. The molecule has 0 radical (unpaired) electrons. The van der Waals surface area contributed by atoms with Crippen LogP contribution in [0.1, 0.15) is 26.5 Å². The van der Waals surface area contributed by atoms with Gasteiger partial charge in [0.2, 0.25) is 5.91 Å². The fourth-order valence-electron chi connectivity index (χ4n) is 1.21. The summed E-state index contributed by atoms with van der Waals surface area (Å²) in [5.41, 5.74) is 0.836. The van der Waals surface area contributed by atoms with Crippen LogP contribution in [-0.4, -0.2) is 16.5 Å². The number of thiazole rings is 1. The Kier molecular flexibility index (Phi) is 4.29. The number of hydrogen-bond acceptors (Lipinski definition) is 3. The number of hydrogen-bond donors (Lipinski definition) is 1. The number of rotatable bonds is 4. The lowest BCUT2D eigenvalue weighted by molar-refractivity contribution is -0.122. The zero-order valence-corrected chi connectivity index (χ0v) is 10.9. The second-order valence-corrected chi connectivity index (χ2v) is 5.15. The van der Waals surface area contributed by atoms with E-state index in [1.165, 1.54) is 4.57 Å². The van der Waals surface area contributed by atoms with Gasteiger partial charge in [-0.05, 0) is 19.8 Å². The normalized spacial score (nSPS) is 12.8. The van der Waals surface area contributed by atoms with Crippen molar-refractivity contribution >= 4 is 17.2 Å². The van der Waals surface area contributed by atoms with E-state index in [1.807, 2.05) is 27.7 Å². The molecule has 5 heteroatoms. The van der Waals surface area contributed by atoms with Gasteiger partial charge in [-0.1, -0.05) is 25.2 Å². The maximum Gasteiger partial charge on any atom is 0.307 e. The first-order valence-electron chi connectivity index (χ1n) is 5.36. The van der Waals surface area contributed by atoms with Crippen LogP contribution in [-0.2, 0) is 11.3 Å². The van der Waals surface area contributed by atoms with E-state index in [-0.39, 0.29) is 23.4 Å². The van der Waals surface area contributed by atoms with E-state index in [1.54, 1.807) is 5.38 Å². The van der Waals surface area contributed by atoms with Crippen molar-refractivity contribution in [3.05, 3.63) is 20.7 Å². The fourth-order valence-corrected chi connectivity index (χ4v) is 1.94. The topological polar surface area (TPSA) is 51.1 Å². The minimum Gasteiger partial charge on any atom is -0.352 e. The monoisotopic (exact) mass is 242 g/mol. The lowest BCUT2D eigenvalue weighted by Crippen LogP contribution is -2.39. The first-order valence-corrected chi connectivity index (χ1v) is 6.24. The van der Waals surface area contributed by atoms with Crippen molar-refractivity contribution in [3.8, 4) is 0 Å². The molecule has 1 heterocycles. The Labute approximate surface area is 99.3 Å². The van der Waals surface area contributed by atoms with Crippen LogP contribution < -0.4 is 10.2 Å². The van der Waals surface area contributed by atoms with E-state index < -0.39 is 0 Å². The molecule has 1 N–H and O–H groups in total. The number of aromatic nitrogens is 1. The third kappa shape index (κ3) is 3.20. The van der Waals surface area contributed by atoms with Gasteiger partial charge in [0.1, 0.15) is 6.54 Å². The summed E-state index contributed by atoms with van der Waals surface area (Å²) in [7, 11) is 0. The Morgan fingerprint density at radius 1 is 1.50 bits per heavy atom. The van der Waals surface area contributed by atoms with Crippen molar-refractivity contribution < 1.29 is 4.79 Å². The third-order valence-corrected chi connectivity index (χ3v) is 3.55. The maximum absolute atomic E-state index is 11.7. The van der Waals surface area contributed by atoms with Crippen molar-refractivity contribution in [1.29, 1.82) is 0 Å². The molecule has 0 unspecified atom stereocenters. The first-order chi connectivity index (χ1) is 7.41. The van der Waals surface area contributed by atoms with Crippen LogP contribution in [0.4, 0.5) is 0 Å². The molecule has 0 saturated heterocycles. The van der Waals surface area contributed by atoms with Gasteiger partial charge < -0.3 is 5.32 Å². The maximum atomic E-state index is 11.7. The molecule has 0 spiro atoms. The SMILES string of the molecule is Cc1csc(=O)n1CC(=O)N[C@H](C)C(C)C. The summed E-state index contributed by atoms with van der Waals surface area (Å²) in [6.07, 6.45) is 0. The van der Waals surface area contributed by atoms with E-state index in [0.717, 1.165) is 17.0 Å². The highest BCUT2D eigenvalue weighted by Gasteiger charge is 2.12. The van der Waals surface area contributed by atoms with Gasteiger partial charge in [0.15, 0.2) is 0 Å². The highest BCUT2D eigenvalue weighted by molar-refractivity contribution is 7.07. The minimum absolute atomic E-state index is 0.0788. The molecule has 1 amide bonds. The molecule has 1 rings (SSSR count). The number of nitrogens with zero attached hydrogens (tertiary/aromatic N) is 1. The van der Waals surface area contributed by atoms with Crippen LogP contribution in [0.3, 0.4) is 0 Å². The molecule has 90 valence electrons. The van der Waals surface area contributed by atoms with Gasteiger partial charge in [0, 0.05) is 17.1 Å². The molecule has 0 aromatic carbocycles. The van der Waals surface area contributed by atoms with Gasteiger partial charge in [-0.3, -0.25) is 14.2 Å². The van der Waals surface area contributed by atoms with Crippen molar-refractivity contribution in [2.24, 2.45) is 5.92 Å². The Bertz CT molecular complexity index is 420. The van der Waals surface area contributed by atoms with Crippen LogP contribution in [0.5, 0.6) is 0 Å². The smallest absolute Gasteiger partial charge is 0.307 e. The summed E-state index contributed by atoms with van der Waals surface area (Å²) >= 11 is 1.13. The predicted molar refractivity (Wildman–Crippen MR) is 65.8 cm³/mol. The van der Waals surface area contributed by atoms with Crippen molar-refractivity contribution in [3.63, 3.8) is 0 Å². The Hall–Kier alpha value is -1.10. The average Bonchev–Trinajstić information content (AvgIpc) is 2.49. The summed E-state index contributed by atoms with van der Waals surface area (Å²) in [4.78, 5) is 23.0. The number of carbonyl (C=O) groups excluding carboxylic acids is 1. The van der Waals surface area contributed by atoms with Crippen molar-refractivity contribution in [2.45, 2.75) is 40.3 Å². The van der Waals surface area contributed by atoms with Gasteiger partial charge in [-0.2, -0.15) is 0 Å². The second kappa shape index (κ2) is 5.30. The lowest BCUT2D eigenvalue weighted by atomic mass is 10.1. The van der Waals surface area contributed by atoms with E-state index in [2.05, 4.69) is 5.32 Å². The fraction of sp³-hybridized carbons (Fsp3) is 0.636. The highest BCUT2D eigenvalue weighted by Crippen LogP contribution is 2.01. The predicted octanol–water partition coefficient (Wildman–Crippen LogP) is 1.38. The quantitative estimate of drug-likeness (QED) is 0.867. The minimum atomic E-state index is -0.107. The molecule has 1 atom stereocenters. The van der Waals surface area contributed by atoms with E-state index >= 15 is 0 Å². The average molecular weight is 242 g/mol. The summed E-state index contributed by atoms with van der Waals surface area (Å²) in [5.74, 6) is 0.286. The highest BCUT2D eigenvalue weighted by atomic mass is 32.1. The molecule has 0 saturated carbocycles. The largest absolute Gasteiger partial charge is 0.352 e. The van der Waals surface area contributed by atoms with Gasteiger partial charge in [-0.25, -0.2) is 0 Å². The Balaban J connectivity index is 2.62. The molecular formula is C11H18N2O2S. The standard InChI is InChI=1S/C11H18N2O2S/c1-7(2)9(4)12-10(14)5-13-8(3)6-16-11(13)15/h6-7,9H,5H2,1-4H3,(H,12,14)/t9-/m1/s1. The lowest BCUT2D eigenvalue weighted by Gasteiger charge is -2.17. The third-order valence-electron chi connectivity index (χ3n) is 2.67. The number of carbonyl (C=O) groups is 1. The molecule has 4 nitrogen and oxygen atoms in total. The molecule has 0 aliphatic rings. The van der Waals surface area contributed by atoms with Crippen LogP contribution in [0.15, 0.2) is 10.2 Å². The van der Waals surface area contributed by atoms with Gasteiger partial charge >= 0.3 is 4.87 Å². The van der Waals surface area contributed by atoms with E-state index in [9.17, 15) is 9.59 Å². The van der Waals surface area contributed by atoms with Gasteiger partial charge in [0.25, 0.3) is 0 Å². The Morgan fingerprint density at radius 3 is 2.56 bits per heavy atom. The first kappa shape index (κ1) is 13.0. The zero-order valence-electron chi connectivity index (χ0n) is 10.1. The van der Waals surface area contributed by atoms with Crippen molar-refractivity contribution in [2.75, 3.05) is 0 Å². The van der Waals surface area contributed by atoms with Crippen molar-refractivity contribution in [1.82, 2.24) is 9.88 Å². The van der Waals surface area contributed by atoms with E-state index in [4.69, 9.17) is 0 Å². The Morgan fingerprint density at radius 2 is 2.12 bits per heavy atom. The zero-order chi connectivity index (χ0) is 12.3. The summed E-state index contributed by atoms with van der Waals surface area (Å²) in [6.45, 7) is 8.01. The summed E-state index contributed by atoms with van der Waals surface area (Å²) < 4.78 is 1.49. The number of aryl methyl sites for hydroxylation is 1. The molecule has 0 aliphatic heterocycles. The van der Waals surface area contributed by atoms with E-state index in [0.29, 0.717) is 5.92 Å². The molecular weight excluding hydrogens is 224 g/mol. The summed E-state index contributed by atoms with van der Waals surface area (Å²) in [5, 5.41) is 4.64. The molecule has 0 aliphatic carbocycles. The number of nitrogens with one attached hydrogen (secondary N) is 1. The molecule has 0 fully saturated rings. The molecule has 0 bridgehead atoms. The van der Waals surface area contributed by atoms with Crippen LogP contribution >= 0.6 is 11.3 Å². The van der Waals surface area contributed by atoms with Crippen LogP contribution in [0.2, 0.25) is 0 Å². The summed E-state index contributed by atoms with van der Waals surface area (Å²) in [6, 6.07) is 0.127. The molecule has 1 aromatic heterocycles. The number of amides is 1. The van der Waals surface area contributed by atoms with Crippen LogP contribution in [0.25, 0.3) is 0 Å². The van der Waals surface area contributed by atoms with Gasteiger partial charge in [-0.15, -0.1) is 0 Å². The van der Waals surface area contributed by atoms with Crippen LogP contribution in [0, 0.1) is 12.8 Å². The molecule has 16 heavy (non-hydrogen) atoms. The second-order valence-electron chi connectivity index (χ2n) is 4.33. The van der Waals surface area contributed by atoms with Gasteiger partial charge in [0.05, 0.1) is 0 Å².